The molecule has 3 heteroatoms. The Morgan fingerprint density at radius 1 is 1.12 bits per heavy atom. The van der Waals surface area contributed by atoms with Gasteiger partial charge < -0.3 is 9.64 Å². The lowest BCUT2D eigenvalue weighted by Gasteiger charge is -2.22. The molecule has 0 bridgehead atoms. The van der Waals surface area contributed by atoms with E-state index in [0.29, 0.717) is 6.61 Å². The number of carbonyl (C=O) groups is 1. The van der Waals surface area contributed by atoms with E-state index in [1.807, 2.05) is 64.2 Å². The van der Waals surface area contributed by atoms with Crippen molar-refractivity contribution in [3.63, 3.8) is 0 Å². The molecule has 0 heterocycles. The molecule has 25 heavy (non-hydrogen) atoms. The zero-order chi connectivity index (χ0) is 19.3. The number of rotatable bonds is 11. The predicted octanol–water partition coefficient (Wildman–Crippen LogP) is 5.09. The van der Waals surface area contributed by atoms with Crippen molar-refractivity contribution in [1.82, 2.24) is 4.90 Å². The highest BCUT2D eigenvalue weighted by Crippen LogP contribution is 2.24. The highest BCUT2D eigenvalue weighted by molar-refractivity contribution is 5.81. The van der Waals surface area contributed by atoms with Gasteiger partial charge in [0.1, 0.15) is 12.0 Å². The zero-order valence-corrected chi connectivity index (χ0v) is 16.8. The van der Waals surface area contributed by atoms with E-state index in [1.54, 1.807) is 6.08 Å². The minimum atomic E-state index is -0.841. The Hall–Kier alpha value is -1.87. The van der Waals surface area contributed by atoms with Gasteiger partial charge in [-0.3, -0.25) is 4.79 Å². The Bertz CT molecular complexity index is 536. The number of carbonyl (C=O) groups excluding carboxylic acids is 1. The van der Waals surface area contributed by atoms with E-state index in [9.17, 15) is 4.79 Å². The van der Waals surface area contributed by atoms with Crippen molar-refractivity contribution >= 4 is 5.97 Å². The summed E-state index contributed by atoms with van der Waals surface area (Å²) >= 11 is 0. The number of esters is 1. The quantitative estimate of drug-likeness (QED) is 0.297. The van der Waals surface area contributed by atoms with Crippen molar-refractivity contribution in [2.24, 2.45) is 5.41 Å². The first kappa shape index (κ1) is 23.1. The lowest BCUT2D eigenvalue weighted by Crippen LogP contribution is -2.31. The van der Waals surface area contributed by atoms with Crippen molar-refractivity contribution < 1.29 is 9.53 Å². The molecule has 0 N–H and O–H groups in total. The topological polar surface area (TPSA) is 29.5 Å². The Kier molecular flexibility index (Phi) is 11.6. The summed E-state index contributed by atoms with van der Waals surface area (Å²) in [5, 5.41) is 0. The van der Waals surface area contributed by atoms with E-state index in [-0.39, 0.29) is 5.97 Å². The Morgan fingerprint density at radius 2 is 1.72 bits per heavy atom. The average molecular weight is 346 g/mol. The summed E-state index contributed by atoms with van der Waals surface area (Å²) < 4.78 is 5.48. The fraction of sp³-hybridized carbons (Fsp3) is 0.500. The number of allylic oxidation sites excluding steroid dienone is 7. The van der Waals surface area contributed by atoms with Crippen molar-refractivity contribution in [2.45, 2.75) is 41.5 Å². The van der Waals surface area contributed by atoms with Crippen molar-refractivity contribution in [3.8, 4) is 0 Å². The SMILES string of the molecule is C=CC(C)(\C=C/C(/C=C\C)=C(C)/C=C\C)C(=O)OCCN(CC)CC. The van der Waals surface area contributed by atoms with Gasteiger partial charge in [0.05, 0.1) is 0 Å². The summed E-state index contributed by atoms with van der Waals surface area (Å²) in [4.78, 5) is 14.7. The van der Waals surface area contributed by atoms with Gasteiger partial charge in [-0.1, -0.05) is 56.4 Å². The molecular formula is C22H35NO2. The first-order valence-electron chi connectivity index (χ1n) is 9.07. The van der Waals surface area contributed by atoms with Crippen LogP contribution in [0.2, 0.25) is 0 Å². The van der Waals surface area contributed by atoms with Gasteiger partial charge in [-0.25, -0.2) is 0 Å². The maximum Gasteiger partial charge on any atom is 0.319 e. The van der Waals surface area contributed by atoms with E-state index in [0.717, 1.165) is 30.8 Å². The Balaban J connectivity index is 5.15. The molecule has 0 spiro atoms. The van der Waals surface area contributed by atoms with Gasteiger partial charge in [-0.2, -0.15) is 0 Å². The maximum absolute atomic E-state index is 12.5. The predicted molar refractivity (Wildman–Crippen MR) is 109 cm³/mol. The summed E-state index contributed by atoms with van der Waals surface area (Å²) in [6.07, 6.45) is 13.5. The summed E-state index contributed by atoms with van der Waals surface area (Å²) in [5.74, 6) is -0.269. The lowest BCUT2D eigenvalue weighted by molar-refractivity contribution is -0.150. The summed E-state index contributed by atoms with van der Waals surface area (Å²) in [6, 6.07) is 0. The highest BCUT2D eigenvalue weighted by atomic mass is 16.5. The van der Waals surface area contributed by atoms with Gasteiger partial charge >= 0.3 is 5.97 Å². The molecule has 140 valence electrons. The van der Waals surface area contributed by atoms with E-state index in [1.165, 1.54) is 0 Å². The molecule has 0 saturated carbocycles. The van der Waals surface area contributed by atoms with Crippen molar-refractivity contribution in [3.05, 3.63) is 60.3 Å². The molecule has 0 aliphatic carbocycles. The molecule has 0 fully saturated rings. The largest absolute Gasteiger partial charge is 0.463 e. The zero-order valence-electron chi connectivity index (χ0n) is 16.8. The third kappa shape index (κ3) is 8.17. The molecular weight excluding hydrogens is 310 g/mol. The van der Waals surface area contributed by atoms with Gasteiger partial charge in [0.15, 0.2) is 0 Å². The van der Waals surface area contributed by atoms with Crippen LogP contribution in [0.5, 0.6) is 0 Å². The second-order valence-electron chi connectivity index (χ2n) is 6.12. The second kappa shape index (κ2) is 12.5. The number of hydrogen-bond acceptors (Lipinski definition) is 3. The smallest absolute Gasteiger partial charge is 0.319 e. The van der Waals surface area contributed by atoms with E-state index in [2.05, 4.69) is 25.3 Å². The first-order chi connectivity index (χ1) is 11.9. The molecule has 0 aromatic heterocycles. The molecule has 3 nitrogen and oxygen atoms in total. The summed E-state index contributed by atoms with van der Waals surface area (Å²) in [5.41, 5.74) is 1.36. The van der Waals surface area contributed by atoms with E-state index < -0.39 is 5.41 Å². The number of likely N-dealkylation sites (N-methyl/N-ethyl adjacent to an activating group) is 1. The van der Waals surface area contributed by atoms with Crippen LogP contribution in [-0.4, -0.2) is 37.1 Å². The molecule has 0 rings (SSSR count). The minimum absolute atomic E-state index is 0.269. The van der Waals surface area contributed by atoms with Crippen LogP contribution in [0.25, 0.3) is 0 Å². The summed E-state index contributed by atoms with van der Waals surface area (Å²) in [7, 11) is 0. The van der Waals surface area contributed by atoms with Gasteiger partial charge in [0.2, 0.25) is 0 Å². The number of nitrogens with zero attached hydrogens (tertiary/aromatic N) is 1. The fourth-order valence-corrected chi connectivity index (χ4v) is 2.29. The standard InChI is InChI=1S/C22H35NO2/c1-8-13-19(6)20(14-9-2)15-16-22(7,10-3)21(24)25-18-17-23(11-4)12-5/h8-10,13-16H,3,11-12,17-18H2,1-2,4-7H3/b13-8-,14-9-,16-15-,20-19+. The third-order valence-corrected chi connectivity index (χ3v) is 4.23. The van der Waals surface area contributed by atoms with Crippen LogP contribution in [0.3, 0.4) is 0 Å². The van der Waals surface area contributed by atoms with Gasteiger partial charge in [-0.15, -0.1) is 6.58 Å². The van der Waals surface area contributed by atoms with Crippen LogP contribution >= 0.6 is 0 Å². The minimum Gasteiger partial charge on any atom is -0.463 e. The van der Waals surface area contributed by atoms with Crippen LogP contribution < -0.4 is 0 Å². The molecule has 0 aliphatic heterocycles. The van der Waals surface area contributed by atoms with Crippen molar-refractivity contribution in [1.29, 1.82) is 0 Å². The van der Waals surface area contributed by atoms with Gasteiger partial charge in [-0.05, 0) is 51.9 Å². The fourth-order valence-electron chi connectivity index (χ4n) is 2.29. The number of ether oxygens (including phenoxy) is 1. The van der Waals surface area contributed by atoms with Crippen LogP contribution in [0.1, 0.15) is 41.5 Å². The summed E-state index contributed by atoms with van der Waals surface area (Å²) in [6.45, 7) is 18.9. The Labute approximate surface area is 154 Å². The third-order valence-electron chi connectivity index (χ3n) is 4.23. The Morgan fingerprint density at radius 3 is 2.20 bits per heavy atom. The molecule has 0 aliphatic rings. The first-order valence-corrected chi connectivity index (χ1v) is 9.07. The molecule has 1 unspecified atom stereocenters. The second-order valence-corrected chi connectivity index (χ2v) is 6.12. The lowest BCUT2D eigenvalue weighted by atomic mass is 9.89. The van der Waals surface area contributed by atoms with Crippen LogP contribution in [0.4, 0.5) is 0 Å². The maximum atomic E-state index is 12.5. The molecule has 0 aromatic rings. The molecule has 0 radical (unpaired) electrons. The molecule has 0 saturated heterocycles. The van der Waals surface area contributed by atoms with Crippen LogP contribution in [-0.2, 0) is 9.53 Å². The normalized spacial score (nSPS) is 15.8. The van der Waals surface area contributed by atoms with Gasteiger partial charge in [0, 0.05) is 6.54 Å². The average Bonchev–Trinajstić information content (AvgIpc) is 2.61. The van der Waals surface area contributed by atoms with Crippen LogP contribution in [0.15, 0.2) is 60.3 Å². The molecule has 1 atom stereocenters. The monoisotopic (exact) mass is 345 g/mol. The number of hydrogen-bond donors (Lipinski definition) is 0. The van der Waals surface area contributed by atoms with Crippen molar-refractivity contribution in [2.75, 3.05) is 26.2 Å². The molecule has 0 amide bonds. The molecule has 0 aromatic carbocycles. The van der Waals surface area contributed by atoms with E-state index >= 15 is 0 Å². The van der Waals surface area contributed by atoms with Gasteiger partial charge in [0.25, 0.3) is 0 Å². The van der Waals surface area contributed by atoms with Crippen LogP contribution in [0, 0.1) is 5.41 Å². The highest BCUT2D eigenvalue weighted by Gasteiger charge is 2.28. The van der Waals surface area contributed by atoms with E-state index in [4.69, 9.17) is 4.74 Å².